The van der Waals surface area contributed by atoms with Crippen LogP contribution < -0.4 is 5.73 Å². The van der Waals surface area contributed by atoms with Crippen LogP contribution in [0.3, 0.4) is 0 Å². The molecule has 0 bridgehead atoms. The fourth-order valence-electron chi connectivity index (χ4n) is 1.15. The molecule has 0 spiro atoms. The second-order valence-electron chi connectivity index (χ2n) is 3.33. The molecular weight excluding hydrogens is 233 g/mol. The topological polar surface area (TPSA) is 26.0 Å². The highest BCUT2D eigenvalue weighted by Crippen LogP contribution is 2.25. The van der Waals surface area contributed by atoms with E-state index in [-0.39, 0.29) is 12.4 Å². The van der Waals surface area contributed by atoms with Crippen molar-refractivity contribution in [3.8, 4) is 0 Å². The summed E-state index contributed by atoms with van der Waals surface area (Å²) in [5.74, 6) is 0.147. The maximum absolute atomic E-state index is 13.3. The van der Waals surface area contributed by atoms with Crippen LogP contribution in [-0.4, -0.2) is 0 Å². The summed E-state index contributed by atoms with van der Waals surface area (Å²) in [6.07, 6.45) is 0. The monoisotopic (exact) mass is 245 g/mol. The zero-order valence-corrected chi connectivity index (χ0v) is 9.36. The lowest BCUT2D eigenvalue weighted by Gasteiger charge is -2.09. The second-order valence-corrected chi connectivity index (χ2v) is 4.19. The van der Waals surface area contributed by atoms with Crippen molar-refractivity contribution in [2.45, 2.75) is 26.3 Å². The fraction of sp³-hybridized carbons (Fsp3) is 0.400. The predicted octanol–water partition coefficient (Wildman–Crippen LogP) is 3.17. The van der Waals surface area contributed by atoms with Gasteiger partial charge in [0, 0.05) is 12.1 Å². The van der Waals surface area contributed by atoms with E-state index in [9.17, 15) is 4.39 Å². The number of rotatable bonds is 2. The van der Waals surface area contributed by atoms with Gasteiger partial charge in [0.25, 0.3) is 0 Å². The largest absolute Gasteiger partial charge is 0.326 e. The molecule has 1 rings (SSSR count). The number of benzene rings is 1. The molecule has 72 valence electrons. The number of nitrogens with two attached hydrogens (primary N) is 1. The van der Waals surface area contributed by atoms with Gasteiger partial charge >= 0.3 is 0 Å². The van der Waals surface area contributed by atoms with Crippen LogP contribution in [0.1, 0.15) is 30.9 Å². The molecule has 0 radical (unpaired) electrons. The zero-order valence-electron chi connectivity index (χ0n) is 7.77. The van der Waals surface area contributed by atoms with E-state index >= 15 is 0 Å². The van der Waals surface area contributed by atoms with Gasteiger partial charge in [0.15, 0.2) is 0 Å². The van der Waals surface area contributed by atoms with Crippen molar-refractivity contribution in [3.05, 3.63) is 33.5 Å². The van der Waals surface area contributed by atoms with E-state index in [0.29, 0.717) is 16.0 Å². The Labute approximate surface area is 86.3 Å². The first-order valence-corrected chi connectivity index (χ1v) is 5.03. The Balaban J connectivity index is 3.22. The Hall–Kier alpha value is -0.410. The molecule has 3 heteroatoms. The SMILES string of the molecule is CC(C)c1cc(Br)c(F)c(CN)c1. The van der Waals surface area contributed by atoms with Crippen LogP contribution in [0.2, 0.25) is 0 Å². The Kier molecular flexibility index (Phi) is 3.45. The summed E-state index contributed by atoms with van der Waals surface area (Å²) in [6, 6.07) is 3.63. The van der Waals surface area contributed by atoms with Crippen molar-refractivity contribution in [2.24, 2.45) is 5.73 Å². The first-order valence-electron chi connectivity index (χ1n) is 4.24. The predicted molar refractivity (Wildman–Crippen MR) is 56.1 cm³/mol. The van der Waals surface area contributed by atoms with Crippen LogP contribution in [0.4, 0.5) is 4.39 Å². The van der Waals surface area contributed by atoms with E-state index in [1.807, 2.05) is 6.07 Å². The summed E-state index contributed by atoms with van der Waals surface area (Å²) in [6.45, 7) is 4.38. The number of halogens is 2. The standard InChI is InChI=1S/C10H13BrFN/c1-6(2)7-3-8(5-13)10(12)9(11)4-7/h3-4,6H,5,13H2,1-2H3. The highest BCUT2D eigenvalue weighted by Gasteiger charge is 2.09. The molecule has 0 aliphatic heterocycles. The van der Waals surface area contributed by atoms with Crippen molar-refractivity contribution in [1.82, 2.24) is 0 Å². The van der Waals surface area contributed by atoms with E-state index in [0.717, 1.165) is 5.56 Å². The highest BCUT2D eigenvalue weighted by molar-refractivity contribution is 9.10. The van der Waals surface area contributed by atoms with Crippen LogP contribution in [-0.2, 0) is 6.54 Å². The molecule has 0 amide bonds. The lowest BCUT2D eigenvalue weighted by Crippen LogP contribution is -2.02. The molecule has 0 fully saturated rings. The summed E-state index contributed by atoms with van der Waals surface area (Å²) in [4.78, 5) is 0. The zero-order chi connectivity index (χ0) is 10.0. The van der Waals surface area contributed by atoms with Gasteiger partial charge in [-0.15, -0.1) is 0 Å². The van der Waals surface area contributed by atoms with Crippen LogP contribution in [0.25, 0.3) is 0 Å². The minimum atomic E-state index is -0.244. The summed E-state index contributed by atoms with van der Waals surface area (Å²) in [7, 11) is 0. The third-order valence-electron chi connectivity index (χ3n) is 2.01. The van der Waals surface area contributed by atoms with Crippen LogP contribution in [0, 0.1) is 5.82 Å². The Morgan fingerprint density at radius 2 is 2.08 bits per heavy atom. The van der Waals surface area contributed by atoms with Gasteiger partial charge < -0.3 is 5.73 Å². The average molecular weight is 246 g/mol. The molecular formula is C10H13BrFN. The third-order valence-corrected chi connectivity index (χ3v) is 2.59. The molecule has 0 aromatic heterocycles. The van der Waals surface area contributed by atoms with Gasteiger partial charge in [-0.05, 0) is 33.5 Å². The van der Waals surface area contributed by atoms with Crippen molar-refractivity contribution >= 4 is 15.9 Å². The minimum absolute atomic E-state index is 0.241. The molecule has 1 aromatic carbocycles. The van der Waals surface area contributed by atoms with Crippen LogP contribution >= 0.6 is 15.9 Å². The van der Waals surface area contributed by atoms with Crippen molar-refractivity contribution in [3.63, 3.8) is 0 Å². The summed E-state index contributed by atoms with van der Waals surface area (Å²) in [5.41, 5.74) is 7.10. The van der Waals surface area contributed by atoms with Gasteiger partial charge in [-0.25, -0.2) is 4.39 Å². The van der Waals surface area contributed by atoms with Gasteiger partial charge in [-0.1, -0.05) is 19.9 Å². The third kappa shape index (κ3) is 2.29. The molecule has 0 heterocycles. The van der Waals surface area contributed by atoms with Crippen LogP contribution in [0.15, 0.2) is 16.6 Å². The summed E-state index contributed by atoms with van der Waals surface area (Å²) in [5, 5.41) is 0. The van der Waals surface area contributed by atoms with Crippen molar-refractivity contribution in [1.29, 1.82) is 0 Å². The van der Waals surface area contributed by atoms with E-state index in [2.05, 4.69) is 29.8 Å². The first kappa shape index (κ1) is 10.7. The van der Waals surface area contributed by atoms with E-state index in [4.69, 9.17) is 5.73 Å². The number of hydrogen-bond donors (Lipinski definition) is 1. The number of hydrogen-bond acceptors (Lipinski definition) is 1. The Bertz CT molecular complexity index is 310. The Morgan fingerprint density at radius 3 is 2.54 bits per heavy atom. The normalized spacial score (nSPS) is 10.9. The van der Waals surface area contributed by atoms with Crippen LogP contribution in [0.5, 0.6) is 0 Å². The molecule has 0 aliphatic rings. The highest BCUT2D eigenvalue weighted by atomic mass is 79.9. The molecule has 0 aliphatic carbocycles. The average Bonchev–Trinajstić information content (AvgIpc) is 2.09. The van der Waals surface area contributed by atoms with Crippen molar-refractivity contribution < 1.29 is 4.39 Å². The fourth-order valence-corrected chi connectivity index (χ4v) is 1.67. The molecule has 1 aromatic rings. The van der Waals surface area contributed by atoms with Gasteiger partial charge in [-0.3, -0.25) is 0 Å². The van der Waals surface area contributed by atoms with Gasteiger partial charge in [0.1, 0.15) is 5.82 Å². The van der Waals surface area contributed by atoms with Gasteiger partial charge in [0.05, 0.1) is 4.47 Å². The molecule has 0 unspecified atom stereocenters. The Morgan fingerprint density at radius 1 is 1.46 bits per heavy atom. The minimum Gasteiger partial charge on any atom is -0.326 e. The quantitative estimate of drug-likeness (QED) is 0.852. The maximum atomic E-state index is 13.3. The molecule has 1 nitrogen and oxygen atoms in total. The second kappa shape index (κ2) is 4.20. The van der Waals surface area contributed by atoms with Gasteiger partial charge in [-0.2, -0.15) is 0 Å². The summed E-state index contributed by atoms with van der Waals surface area (Å²) >= 11 is 3.18. The molecule has 0 atom stereocenters. The lowest BCUT2D eigenvalue weighted by molar-refractivity contribution is 0.602. The smallest absolute Gasteiger partial charge is 0.141 e. The molecule has 13 heavy (non-hydrogen) atoms. The lowest BCUT2D eigenvalue weighted by atomic mass is 10.0. The summed E-state index contributed by atoms with van der Waals surface area (Å²) < 4.78 is 13.8. The molecule has 0 saturated heterocycles. The molecule has 0 saturated carbocycles. The van der Waals surface area contributed by atoms with E-state index in [1.165, 1.54) is 0 Å². The maximum Gasteiger partial charge on any atom is 0.141 e. The first-order chi connectivity index (χ1) is 6.06. The van der Waals surface area contributed by atoms with E-state index < -0.39 is 0 Å². The molecule has 2 N–H and O–H groups in total. The van der Waals surface area contributed by atoms with Gasteiger partial charge in [0.2, 0.25) is 0 Å². The van der Waals surface area contributed by atoms with E-state index in [1.54, 1.807) is 6.07 Å². The van der Waals surface area contributed by atoms with Crippen molar-refractivity contribution in [2.75, 3.05) is 0 Å².